The molecule has 0 aliphatic carbocycles. The Morgan fingerprint density at radius 2 is 2.08 bits per heavy atom. The zero-order valence-corrected chi connectivity index (χ0v) is 14.1. The molecular weight excluding hydrogens is 316 g/mol. The van der Waals surface area contributed by atoms with Gasteiger partial charge in [0.25, 0.3) is 0 Å². The lowest BCUT2D eigenvalue weighted by Gasteiger charge is -2.17. The number of amides is 2. The lowest BCUT2D eigenvalue weighted by Crippen LogP contribution is -2.38. The van der Waals surface area contributed by atoms with E-state index in [9.17, 15) is 9.59 Å². The summed E-state index contributed by atoms with van der Waals surface area (Å²) >= 11 is 0. The van der Waals surface area contributed by atoms with Gasteiger partial charge in [0.1, 0.15) is 5.92 Å². The standard InChI is InChI=1S/C19H22N4O2/c1-2-3-10-19(21-22-19)11-12-20-17(24)16-9-13-23(18(16)25)14-15-7-5-4-6-8-15/h1,4-8,16H,3,9-14H2,(H,20,24). The second-order valence-corrected chi connectivity index (χ2v) is 6.51. The van der Waals surface area contributed by atoms with Crippen molar-refractivity contribution in [2.75, 3.05) is 13.1 Å². The molecule has 2 amide bonds. The molecule has 25 heavy (non-hydrogen) atoms. The van der Waals surface area contributed by atoms with Crippen molar-refractivity contribution in [3.05, 3.63) is 35.9 Å². The first kappa shape index (κ1) is 17.2. The predicted octanol–water partition coefficient (Wildman–Crippen LogP) is 2.12. The molecule has 3 rings (SSSR count). The van der Waals surface area contributed by atoms with Crippen LogP contribution in [0.1, 0.15) is 31.2 Å². The van der Waals surface area contributed by atoms with E-state index in [1.165, 1.54) is 0 Å². The van der Waals surface area contributed by atoms with Crippen molar-refractivity contribution in [3.8, 4) is 12.3 Å². The lowest BCUT2D eigenvalue weighted by molar-refractivity contribution is -0.138. The highest BCUT2D eigenvalue weighted by atomic mass is 16.2. The number of rotatable bonds is 8. The molecule has 0 aromatic heterocycles. The van der Waals surface area contributed by atoms with Crippen LogP contribution in [0.15, 0.2) is 40.6 Å². The summed E-state index contributed by atoms with van der Waals surface area (Å²) in [5.41, 5.74) is 0.669. The molecule has 2 heterocycles. The molecule has 1 aromatic carbocycles. The van der Waals surface area contributed by atoms with Crippen LogP contribution in [-0.4, -0.2) is 35.5 Å². The SMILES string of the molecule is C#CCCC1(CCNC(=O)C2CCN(Cc3ccccc3)C2=O)N=N1. The lowest BCUT2D eigenvalue weighted by atomic mass is 10.0. The topological polar surface area (TPSA) is 74.1 Å². The van der Waals surface area contributed by atoms with Gasteiger partial charge in [-0.15, -0.1) is 12.3 Å². The Morgan fingerprint density at radius 3 is 2.76 bits per heavy atom. The third-order valence-corrected chi connectivity index (χ3v) is 4.71. The summed E-state index contributed by atoms with van der Waals surface area (Å²) < 4.78 is 0. The van der Waals surface area contributed by atoms with Gasteiger partial charge in [-0.3, -0.25) is 9.59 Å². The van der Waals surface area contributed by atoms with Crippen LogP contribution in [-0.2, 0) is 16.1 Å². The van der Waals surface area contributed by atoms with Crippen molar-refractivity contribution < 1.29 is 9.59 Å². The van der Waals surface area contributed by atoms with E-state index in [0.717, 1.165) is 5.56 Å². The Morgan fingerprint density at radius 1 is 1.32 bits per heavy atom. The number of hydrogen-bond donors (Lipinski definition) is 1. The molecule has 1 aromatic rings. The second-order valence-electron chi connectivity index (χ2n) is 6.51. The zero-order valence-electron chi connectivity index (χ0n) is 14.1. The second kappa shape index (κ2) is 7.47. The highest BCUT2D eigenvalue weighted by Gasteiger charge is 2.40. The van der Waals surface area contributed by atoms with E-state index in [1.54, 1.807) is 4.90 Å². The van der Waals surface area contributed by atoms with Crippen LogP contribution in [0, 0.1) is 18.3 Å². The third-order valence-electron chi connectivity index (χ3n) is 4.71. The normalized spacial score (nSPS) is 20.4. The van der Waals surface area contributed by atoms with Crippen LogP contribution in [0.4, 0.5) is 0 Å². The molecule has 1 fully saturated rings. The van der Waals surface area contributed by atoms with E-state index < -0.39 is 11.6 Å². The molecule has 0 saturated carbocycles. The molecule has 2 aliphatic rings. The van der Waals surface area contributed by atoms with Crippen molar-refractivity contribution >= 4 is 11.8 Å². The highest BCUT2D eigenvalue weighted by molar-refractivity contribution is 6.01. The van der Waals surface area contributed by atoms with Crippen molar-refractivity contribution in [1.29, 1.82) is 0 Å². The van der Waals surface area contributed by atoms with Gasteiger partial charge in [-0.05, 0) is 12.0 Å². The maximum absolute atomic E-state index is 12.5. The summed E-state index contributed by atoms with van der Waals surface area (Å²) in [4.78, 5) is 26.5. The summed E-state index contributed by atoms with van der Waals surface area (Å²) in [5, 5.41) is 10.9. The fourth-order valence-corrected chi connectivity index (χ4v) is 3.12. The molecule has 2 aliphatic heterocycles. The molecule has 0 bridgehead atoms. The van der Waals surface area contributed by atoms with E-state index in [1.807, 2.05) is 30.3 Å². The van der Waals surface area contributed by atoms with Crippen LogP contribution in [0.3, 0.4) is 0 Å². The average molecular weight is 338 g/mol. The van der Waals surface area contributed by atoms with Gasteiger partial charge in [0.05, 0.1) is 0 Å². The highest BCUT2D eigenvalue weighted by Crippen LogP contribution is 2.36. The molecule has 1 atom stereocenters. The van der Waals surface area contributed by atoms with Gasteiger partial charge in [0, 0.05) is 38.9 Å². The van der Waals surface area contributed by atoms with Crippen LogP contribution in [0.5, 0.6) is 0 Å². The first-order chi connectivity index (χ1) is 12.1. The number of nitrogens with zero attached hydrogens (tertiary/aromatic N) is 3. The fourth-order valence-electron chi connectivity index (χ4n) is 3.12. The number of terminal acetylenes is 1. The van der Waals surface area contributed by atoms with Crippen LogP contribution in [0.25, 0.3) is 0 Å². The van der Waals surface area contributed by atoms with Gasteiger partial charge < -0.3 is 10.2 Å². The van der Waals surface area contributed by atoms with Gasteiger partial charge in [0.2, 0.25) is 11.8 Å². The van der Waals surface area contributed by atoms with Crippen molar-refractivity contribution in [2.45, 2.75) is 37.9 Å². The Balaban J connectivity index is 1.44. The van der Waals surface area contributed by atoms with Crippen LogP contribution in [0.2, 0.25) is 0 Å². The summed E-state index contributed by atoms with van der Waals surface area (Å²) in [6.07, 6.45) is 7.80. The Hall–Kier alpha value is -2.68. The van der Waals surface area contributed by atoms with Crippen molar-refractivity contribution in [1.82, 2.24) is 10.2 Å². The van der Waals surface area contributed by atoms with Gasteiger partial charge in [0.15, 0.2) is 5.66 Å². The molecule has 1 saturated heterocycles. The summed E-state index contributed by atoms with van der Waals surface area (Å²) in [7, 11) is 0. The zero-order chi connectivity index (χ0) is 17.7. The number of carbonyl (C=O) groups is 2. The number of hydrogen-bond acceptors (Lipinski definition) is 4. The fraction of sp³-hybridized carbons (Fsp3) is 0.474. The Labute approximate surface area is 147 Å². The molecule has 6 nitrogen and oxygen atoms in total. The Kier molecular flexibility index (Phi) is 5.13. The molecule has 130 valence electrons. The third kappa shape index (κ3) is 4.24. The van der Waals surface area contributed by atoms with E-state index >= 15 is 0 Å². The summed E-state index contributed by atoms with van der Waals surface area (Å²) in [5.74, 6) is 1.70. The first-order valence-electron chi connectivity index (χ1n) is 8.61. The number of nitrogens with one attached hydrogen (secondary N) is 1. The van der Waals surface area contributed by atoms with Gasteiger partial charge >= 0.3 is 0 Å². The number of likely N-dealkylation sites (tertiary alicyclic amines) is 1. The van der Waals surface area contributed by atoms with Crippen LogP contribution >= 0.6 is 0 Å². The maximum atomic E-state index is 12.5. The number of benzene rings is 1. The molecule has 0 radical (unpaired) electrons. The molecule has 0 spiro atoms. The molecular formula is C19H22N4O2. The van der Waals surface area contributed by atoms with Crippen molar-refractivity contribution in [2.24, 2.45) is 16.1 Å². The van der Waals surface area contributed by atoms with Gasteiger partial charge in [-0.1, -0.05) is 30.3 Å². The maximum Gasteiger partial charge on any atom is 0.235 e. The van der Waals surface area contributed by atoms with Gasteiger partial charge in [-0.25, -0.2) is 0 Å². The quantitative estimate of drug-likeness (QED) is 0.582. The predicted molar refractivity (Wildman–Crippen MR) is 93.2 cm³/mol. The molecule has 1 N–H and O–H groups in total. The Bertz CT molecular complexity index is 702. The van der Waals surface area contributed by atoms with E-state index in [4.69, 9.17) is 6.42 Å². The monoisotopic (exact) mass is 338 g/mol. The number of carbonyl (C=O) groups excluding carboxylic acids is 2. The smallest absolute Gasteiger partial charge is 0.235 e. The minimum absolute atomic E-state index is 0.0933. The van der Waals surface area contributed by atoms with Crippen molar-refractivity contribution in [3.63, 3.8) is 0 Å². The molecule has 1 unspecified atom stereocenters. The first-order valence-corrected chi connectivity index (χ1v) is 8.61. The van der Waals surface area contributed by atoms with E-state index in [0.29, 0.717) is 45.3 Å². The van der Waals surface area contributed by atoms with E-state index in [2.05, 4.69) is 21.5 Å². The van der Waals surface area contributed by atoms with Gasteiger partial charge in [-0.2, -0.15) is 10.2 Å². The molecule has 6 heteroatoms. The van der Waals surface area contributed by atoms with Crippen LogP contribution < -0.4 is 5.32 Å². The minimum atomic E-state index is -0.585. The summed E-state index contributed by atoms with van der Waals surface area (Å²) in [6, 6.07) is 9.81. The van der Waals surface area contributed by atoms with E-state index in [-0.39, 0.29) is 11.8 Å². The summed E-state index contributed by atoms with van der Waals surface area (Å²) in [6.45, 7) is 1.62. The minimum Gasteiger partial charge on any atom is -0.355 e. The largest absolute Gasteiger partial charge is 0.355 e. The average Bonchev–Trinajstić information content (AvgIpc) is 3.31.